The summed E-state index contributed by atoms with van der Waals surface area (Å²) in [5.41, 5.74) is 23.2. The Hall–Kier alpha value is -18.8. The third-order valence-corrected chi connectivity index (χ3v) is 28.8. The van der Waals surface area contributed by atoms with Crippen molar-refractivity contribution in [2.75, 3.05) is 0 Å². The highest BCUT2D eigenvalue weighted by molar-refractivity contribution is 6.31. The van der Waals surface area contributed by atoms with Crippen LogP contribution >= 0.6 is 0 Å². The quantitative estimate of drug-likeness (QED) is 0.140. The van der Waals surface area contributed by atoms with E-state index in [1.54, 1.807) is 0 Å². The molecule has 652 valence electrons. The van der Waals surface area contributed by atoms with Crippen molar-refractivity contribution in [1.29, 1.82) is 0 Å². The molecule has 4 aromatic heterocycles. The van der Waals surface area contributed by atoms with Crippen LogP contribution in [0.4, 0.5) is 0 Å². The number of fused-ring (bicyclic) bond motifs is 29. The Morgan fingerprint density at radius 1 is 0.121 bits per heavy atom. The first-order chi connectivity index (χ1) is 69.8. The molecule has 0 saturated carbocycles. The van der Waals surface area contributed by atoms with Crippen molar-refractivity contribution in [3.05, 3.63) is 485 Å². The van der Waals surface area contributed by atoms with E-state index in [2.05, 4.69) is 443 Å². The van der Waals surface area contributed by atoms with Crippen molar-refractivity contribution < 1.29 is 4.42 Å². The number of benzene rings is 26. The Kier molecular flexibility index (Phi) is 18.9. The lowest BCUT2D eigenvalue weighted by atomic mass is 9.88. The number of aromatic nitrogens is 6. The summed E-state index contributed by atoms with van der Waals surface area (Å²) >= 11 is 0. The van der Waals surface area contributed by atoms with E-state index in [0.29, 0.717) is 0 Å². The van der Waals surface area contributed by atoms with Crippen LogP contribution < -0.4 is 0 Å². The van der Waals surface area contributed by atoms with Gasteiger partial charge in [0, 0.05) is 44.2 Å². The van der Waals surface area contributed by atoms with Crippen molar-refractivity contribution in [3.63, 3.8) is 0 Å². The van der Waals surface area contributed by atoms with Crippen LogP contribution in [0.1, 0.15) is 0 Å². The topological polar surface area (TPSA) is 90.5 Å². The van der Waals surface area contributed by atoms with Crippen LogP contribution in [0.2, 0.25) is 0 Å². The van der Waals surface area contributed by atoms with Gasteiger partial charge in [-0.15, -0.1) is 0 Å². The van der Waals surface area contributed by atoms with Crippen molar-refractivity contribution in [3.8, 4) is 89.8 Å². The minimum absolute atomic E-state index is 0.852. The van der Waals surface area contributed by atoms with Gasteiger partial charge in [0.1, 0.15) is 11.2 Å². The summed E-state index contributed by atoms with van der Waals surface area (Å²) in [6, 6.07) is 173. The smallest absolute Gasteiger partial charge is 0.135 e. The van der Waals surface area contributed by atoms with Gasteiger partial charge < -0.3 is 4.42 Å². The molecule has 0 aliphatic carbocycles. The molecule has 4 heterocycles. The summed E-state index contributed by atoms with van der Waals surface area (Å²) in [5, 5.41) is 37.1. The Morgan fingerprint density at radius 3 is 1.07 bits per heavy atom. The Labute approximate surface area is 809 Å². The predicted octanol–water partition coefficient (Wildman–Crippen LogP) is 36.3. The van der Waals surface area contributed by atoms with E-state index in [1.807, 2.05) is 42.5 Å². The molecular weight excluding hydrogens is 1710 g/mol. The van der Waals surface area contributed by atoms with Crippen molar-refractivity contribution in [1.82, 2.24) is 29.9 Å². The molecule has 30 aromatic rings. The predicted molar refractivity (Wildman–Crippen MR) is 594 cm³/mol. The van der Waals surface area contributed by atoms with Crippen molar-refractivity contribution >= 4 is 206 Å². The van der Waals surface area contributed by atoms with E-state index in [1.165, 1.54) is 156 Å². The third-order valence-electron chi connectivity index (χ3n) is 28.8. The standard InChI is InChI=1S/C48H28N2O.C46H28N2.C40H24N2/c1-2-9-32(10-3-1)47-48(35-21-25-45-41(27-35)38-12-6-7-13-44(38)51-45)49-42-24-20-34(28-43(42)50-47)33-17-15-30-14-16-31-19-22-37-36-11-5-4-8-29(36)18-23-39(37)46(31)40(30)26-33;1-2-11-33(12-3-1)45-46(36-20-17-29-9-4-5-13-34(29)27-36)47-41-26-23-35(28-42(41)48-45)38-16-8-14-31-18-19-32-22-24-39-37-15-7-6-10-30(37)21-25-40(39)44(32)43(31)38;1-2-12-28-23-30(20-17-25(28)9-1)39-40(42-36-16-8-7-15-35(36)41-39)34-24-29-19-18-26-10-3-5-13-31(26)37(29)33-22-21-27-11-4-6-14-32(27)38(33)34/h1-28H;1-28H;1-24H. The zero-order chi connectivity index (χ0) is 92.7. The second-order valence-corrected chi connectivity index (χ2v) is 36.9. The lowest BCUT2D eigenvalue weighted by molar-refractivity contribution is 0.669. The molecule has 0 unspecified atom stereocenters. The zero-order valence-electron chi connectivity index (χ0n) is 76.3. The first-order valence-corrected chi connectivity index (χ1v) is 48.1. The van der Waals surface area contributed by atoms with Gasteiger partial charge in [-0.1, -0.05) is 400 Å². The van der Waals surface area contributed by atoms with Gasteiger partial charge in [0.2, 0.25) is 0 Å². The Bertz CT molecular complexity index is 10500. The molecular formula is C134H80N6O. The van der Waals surface area contributed by atoms with Crippen LogP contribution in [-0.2, 0) is 0 Å². The van der Waals surface area contributed by atoms with Gasteiger partial charge in [-0.2, -0.15) is 0 Å². The molecule has 0 atom stereocenters. The zero-order valence-corrected chi connectivity index (χ0v) is 76.3. The Morgan fingerprint density at radius 2 is 0.461 bits per heavy atom. The molecule has 0 aliphatic rings. The van der Waals surface area contributed by atoms with E-state index in [4.69, 9.17) is 34.3 Å². The summed E-state index contributed by atoms with van der Waals surface area (Å²) in [6.45, 7) is 0. The molecule has 26 aromatic carbocycles. The molecule has 0 spiro atoms. The lowest BCUT2D eigenvalue weighted by Crippen LogP contribution is -1.97. The van der Waals surface area contributed by atoms with Gasteiger partial charge in [0.25, 0.3) is 0 Å². The molecule has 141 heavy (non-hydrogen) atoms. The summed E-state index contributed by atoms with van der Waals surface area (Å²) < 4.78 is 6.14. The number of furan rings is 1. The fourth-order valence-electron chi connectivity index (χ4n) is 22.0. The largest absolute Gasteiger partial charge is 0.456 e. The highest BCUT2D eigenvalue weighted by atomic mass is 16.3. The molecule has 0 fully saturated rings. The number of hydrogen-bond acceptors (Lipinski definition) is 7. The molecule has 0 radical (unpaired) electrons. The Balaban J connectivity index is 0.000000104. The molecule has 0 bridgehead atoms. The van der Waals surface area contributed by atoms with E-state index in [9.17, 15) is 0 Å². The number of nitrogens with zero attached hydrogens (tertiary/aromatic N) is 6. The minimum Gasteiger partial charge on any atom is -0.456 e. The molecule has 0 amide bonds. The van der Waals surface area contributed by atoms with E-state index in [-0.39, 0.29) is 0 Å². The minimum atomic E-state index is 0.852. The summed E-state index contributed by atoms with van der Waals surface area (Å²) in [5.74, 6) is 0. The van der Waals surface area contributed by atoms with Crippen molar-refractivity contribution in [2.24, 2.45) is 0 Å². The maximum absolute atomic E-state index is 6.14. The summed E-state index contributed by atoms with van der Waals surface area (Å²) in [4.78, 5) is 31.9. The van der Waals surface area contributed by atoms with E-state index in [0.717, 1.165) is 139 Å². The molecule has 0 aliphatic heterocycles. The van der Waals surface area contributed by atoms with Crippen molar-refractivity contribution in [2.45, 2.75) is 0 Å². The molecule has 7 heteroatoms. The second kappa shape index (κ2) is 33.0. The first kappa shape index (κ1) is 80.6. The van der Waals surface area contributed by atoms with Crippen LogP contribution in [0.25, 0.3) is 296 Å². The second-order valence-electron chi connectivity index (χ2n) is 36.9. The average molecular weight is 1790 g/mol. The number of rotatable bonds is 8. The van der Waals surface area contributed by atoms with Crippen LogP contribution in [0.3, 0.4) is 0 Å². The average Bonchev–Trinajstić information content (AvgIpc) is 0.878. The van der Waals surface area contributed by atoms with Crippen LogP contribution in [-0.4, -0.2) is 29.9 Å². The van der Waals surface area contributed by atoms with Gasteiger partial charge in [-0.25, -0.2) is 29.9 Å². The van der Waals surface area contributed by atoms with Gasteiger partial charge in [-0.05, 0) is 258 Å². The molecule has 0 N–H and O–H groups in total. The maximum atomic E-state index is 6.14. The third kappa shape index (κ3) is 13.8. The normalized spacial score (nSPS) is 11.8. The molecule has 7 nitrogen and oxygen atoms in total. The first-order valence-electron chi connectivity index (χ1n) is 48.1. The van der Waals surface area contributed by atoms with Crippen LogP contribution in [0.15, 0.2) is 490 Å². The molecule has 30 rings (SSSR count). The fraction of sp³-hybridized carbons (Fsp3) is 0. The summed E-state index contributed by atoms with van der Waals surface area (Å²) in [6.07, 6.45) is 0. The summed E-state index contributed by atoms with van der Waals surface area (Å²) in [7, 11) is 0. The number of hydrogen-bond donors (Lipinski definition) is 0. The van der Waals surface area contributed by atoms with Crippen LogP contribution in [0, 0.1) is 0 Å². The molecule has 0 saturated heterocycles. The van der Waals surface area contributed by atoms with Gasteiger partial charge in [0.15, 0.2) is 0 Å². The highest BCUT2D eigenvalue weighted by Crippen LogP contribution is 2.48. The van der Waals surface area contributed by atoms with E-state index < -0.39 is 0 Å². The van der Waals surface area contributed by atoms with Crippen LogP contribution in [0.5, 0.6) is 0 Å². The monoisotopic (exact) mass is 1790 g/mol. The van der Waals surface area contributed by atoms with Gasteiger partial charge >= 0.3 is 0 Å². The number of para-hydroxylation sites is 3. The highest BCUT2D eigenvalue weighted by Gasteiger charge is 2.25. The lowest BCUT2D eigenvalue weighted by Gasteiger charge is -2.17. The maximum Gasteiger partial charge on any atom is 0.135 e. The van der Waals surface area contributed by atoms with Gasteiger partial charge in [0.05, 0.1) is 67.3 Å². The van der Waals surface area contributed by atoms with E-state index >= 15 is 0 Å². The fourth-order valence-corrected chi connectivity index (χ4v) is 22.0. The SMILES string of the molecule is c1ccc(-c2nc3cc(-c4ccc5ccc6ccc7c8ccccc8ccc7c6c5c4)ccc3nc2-c2ccc3oc4ccccc4c3c2)cc1.c1ccc(-c2nc3cc(-c4cccc5ccc6ccc7c8ccccc8ccc7c6c45)ccc3nc2-c2ccc3ccccc3c2)cc1.c1ccc2cc(-c3nc4ccccc4nc3-c3cc4ccc5ccccc5c4c4ccc5ccccc5c34)ccc2c1. The van der Waals surface area contributed by atoms with Gasteiger partial charge in [-0.3, -0.25) is 0 Å².